The number of rotatable bonds is 10. The highest BCUT2D eigenvalue weighted by Gasteiger charge is 2.42. The van der Waals surface area contributed by atoms with Crippen LogP contribution in [-0.2, 0) is 4.79 Å². The number of carbonyl (C=O) groups excluding carboxylic acids is 1. The van der Waals surface area contributed by atoms with Crippen LogP contribution in [0.1, 0.15) is 77.6 Å². The summed E-state index contributed by atoms with van der Waals surface area (Å²) >= 11 is 0. The van der Waals surface area contributed by atoms with Crippen LogP contribution in [0.3, 0.4) is 0 Å². The van der Waals surface area contributed by atoms with Gasteiger partial charge in [0.25, 0.3) is 0 Å². The van der Waals surface area contributed by atoms with Gasteiger partial charge in [-0.2, -0.15) is 0 Å². The van der Waals surface area contributed by atoms with Gasteiger partial charge in [0.1, 0.15) is 0 Å². The van der Waals surface area contributed by atoms with Crippen molar-refractivity contribution in [1.82, 2.24) is 10.6 Å². The molecule has 21 heavy (non-hydrogen) atoms. The lowest BCUT2D eigenvalue weighted by Gasteiger charge is -2.17. The maximum atomic E-state index is 12.2. The third-order valence-corrected chi connectivity index (χ3v) is 5.36. The summed E-state index contributed by atoms with van der Waals surface area (Å²) < 4.78 is 0. The fourth-order valence-electron chi connectivity index (χ4n) is 4.06. The van der Waals surface area contributed by atoms with Crippen LogP contribution < -0.4 is 10.6 Å². The van der Waals surface area contributed by atoms with Gasteiger partial charge in [-0.1, -0.05) is 58.3 Å². The summed E-state index contributed by atoms with van der Waals surface area (Å²) in [7, 11) is 0. The summed E-state index contributed by atoms with van der Waals surface area (Å²) in [6.45, 7) is 4.18. The van der Waals surface area contributed by atoms with Crippen LogP contribution in [0, 0.1) is 11.8 Å². The largest absolute Gasteiger partial charge is 0.355 e. The van der Waals surface area contributed by atoms with E-state index in [0.717, 1.165) is 25.4 Å². The highest BCUT2D eigenvalue weighted by molar-refractivity contribution is 5.82. The average molecular weight is 294 g/mol. The Bertz CT molecular complexity index is 306. The minimum Gasteiger partial charge on any atom is -0.355 e. The standard InChI is InChI=1S/C18H34N2O/c1-2-3-4-5-6-7-8-9-13-19-18(21)17-16-12-10-11-15(16)14-20-17/h15-17,20H,2-14H2,1H3,(H,19,21). The van der Waals surface area contributed by atoms with Gasteiger partial charge in [-0.25, -0.2) is 0 Å². The Labute approximate surface area is 130 Å². The van der Waals surface area contributed by atoms with E-state index in [1.165, 1.54) is 64.2 Å². The van der Waals surface area contributed by atoms with Gasteiger partial charge in [0.05, 0.1) is 6.04 Å². The summed E-state index contributed by atoms with van der Waals surface area (Å²) in [5, 5.41) is 6.57. The predicted octanol–water partition coefficient (Wildman–Crippen LogP) is 3.63. The molecule has 1 saturated heterocycles. The van der Waals surface area contributed by atoms with E-state index < -0.39 is 0 Å². The minimum absolute atomic E-state index is 0.103. The number of hydrogen-bond donors (Lipinski definition) is 2. The number of nitrogens with one attached hydrogen (secondary N) is 2. The van der Waals surface area contributed by atoms with Crippen LogP contribution in [0.25, 0.3) is 0 Å². The zero-order chi connectivity index (χ0) is 14.9. The maximum Gasteiger partial charge on any atom is 0.237 e. The summed E-state index contributed by atoms with van der Waals surface area (Å²) in [5.41, 5.74) is 0. The topological polar surface area (TPSA) is 41.1 Å². The number of fused-ring (bicyclic) bond motifs is 1. The SMILES string of the molecule is CCCCCCCCCCNC(=O)C1NCC2CCCC21. The van der Waals surface area contributed by atoms with Crippen molar-refractivity contribution in [3.8, 4) is 0 Å². The first kappa shape index (κ1) is 16.8. The van der Waals surface area contributed by atoms with E-state index in [9.17, 15) is 4.79 Å². The molecule has 0 aromatic heterocycles. The number of unbranched alkanes of at least 4 members (excludes halogenated alkanes) is 7. The molecular weight excluding hydrogens is 260 g/mol. The predicted molar refractivity (Wildman–Crippen MR) is 88.2 cm³/mol. The third-order valence-electron chi connectivity index (χ3n) is 5.36. The summed E-state index contributed by atoms with van der Waals surface area (Å²) in [6, 6.07) is 0.103. The Kier molecular flexibility index (Phi) is 7.56. The van der Waals surface area contributed by atoms with Crippen molar-refractivity contribution in [3.05, 3.63) is 0 Å². The molecule has 1 amide bonds. The van der Waals surface area contributed by atoms with Crippen LogP contribution >= 0.6 is 0 Å². The Balaban J connectivity index is 1.46. The van der Waals surface area contributed by atoms with Gasteiger partial charge in [0.2, 0.25) is 5.91 Å². The maximum absolute atomic E-state index is 12.2. The van der Waals surface area contributed by atoms with E-state index in [1.54, 1.807) is 0 Å². The second kappa shape index (κ2) is 9.45. The van der Waals surface area contributed by atoms with Crippen LogP contribution in [-0.4, -0.2) is 25.0 Å². The molecule has 2 rings (SSSR count). The molecular formula is C18H34N2O. The fourth-order valence-corrected chi connectivity index (χ4v) is 4.06. The molecule has 1 aliphatic heterocycles. The van der Waals surface area contributed by atoms with E-state index in [-0.39, 0.29) is 11.9 Å². The van der Waals surface area contributed by atoms with Gasteiger partial charge < -0.3 is 10.6 Å². The zero-order valence-corrected chi connectivity index (χ0v) is 13.8. The molecule has 3 nitrogen and oxygen atoms in total. The van der Waals surface area contributed by atoms with Crippen LogP contribution in [0.15, 0.2) is 0 Å². The molecule has 0 spiro atoms. The molecule has 3 heteroatoms. The highest BCUT2D eigenvalue weighted by atomic mass is 16.2. The second-order valence-corrected chi connectivity index (χ2v) is 7.01. The Morgan fingerprint density at radius 1 is 1.05 bits per heavy atom. The molecule has 0 aromatic carbocycles. The first-order chi connectivity index (χ1) is 10.3. The van der Waals surface area contributed by atoms with E-state index in [4.69, 9.17) is 0 Å². The molecule has 3 atom stereocenters. The lowest BCUT2D eigenvalue weighted by Crippen LogP contribution is -2.44. The first-order valence-electron chi connectivity index (χ1n) is 9.34. The average Bonchev–Trinajstić information content (AvgIpc) is 3.08. The number of carbonyl (C=O) groups is 1. The summed E-state index contributed by atoms with van der Waals surface area (Å²) in [5.74, 6) is 1.64. The van der Waals surface area contributed by atoms with Crippen LogP contribution in [0.5, 0.6) is 0 Å². The molecule has 0 bridgehead atoms. The normalized spacial score (nSPS) is 27.8. The molecule has 0 radical (unpaired) electrons. The van der Waals surface area contributed by atoms with Gasteiger partial charge in [0.15, 0.2) is 0 Å². The quantitative estimate of drug-likeness (QED) is 0.604. The van der Waals surface area contributed by atoms with Gasteiger partial charge in [-0.05, 0) is 37.6 Å². The van der Waals surface area contributed by atoms with Crippen molar-refractivity contribution in [2.45, 2.75) is 83.6 Å². The van der Waals surface area contributed by atoms with Crippen molar-refractivity contribution < 1.29 is 4.79 Å². The van der Waals surface area contributed by atoms with E-state index in [0.29, 0.717) is 5.92 Å². The molecule has 1 heterocycles. The van der Waals surface area contributed by atoms with Crippen LogP contribution in [0.2, 0.25) is 0 Å². The molecule has 2 N–H and O–H groups in total. The molecule has 2 aliphatic rings. The lowest BCUT2D eigenvalue weighted by molar-refractivity contribution is -0.123. The van der Waals surface area contributed by atoms with Gasteiger partial charge >= 0.3 is 0 Å². The molecule has 122 valence electrons. The van der Waals surface area contributed by atoms with Gasteiger partial charge in [0, 0.05) is 6.54 Å². The second-order valence-electron chi connectivity index (χ2n) is 7.01. The van der Waals surface area contributed by atoms with Crippen molar-refractivity contribution in [3.63, 3.8) is 0 Å². The monoisotopic (exact) mass is 294 g/mol. The van der Waals surface area contributed by atoms with E-state index in [2.05, 4.69) is 17.6 Å². The molecule has 0 aromatic rings. The lowest BCUT2D eigenvalue weighted by atomic mass is 9.93. The van der Waals surface area contributed by atoms with Crippen molar-refractivity contribution in [2.24, 2.45) is 11.8 Å². The Morgan fingerprint density at radius 3 is 2.52 bits per heavy atom. The van der Waals surface area contributed by atoms with Crippen LogP contribution in [0.4, 0.5) is 0 Å². The van der Waals surface area contributed by atoms with Crippen molar-refractivity contribution in [2.75, 3.05) is 13.1 Å². The fraction of sp³-hybridized carbons (Fsp3) is 0.944. The summed E-state index contributed by atoms with van der Waals surface area (Å²) in [6.07, 6.45) is 14.4. The van der Waals surface area contributed by atoms with Gasteiger partial charge in [-0.15, -0.1) is 0 Å². The Morgan fingerprint density at radius 2 is 1.76 bits per heavy atom. The molecule has 3 unspecified atom stereocenters. The smallest absolute Gasteiger partial charge is 0.237 e. The van der Waals surface area contributed by atoms with E-state index in [1.807, 2.05) is 0 Å². The molecule has 1 aliphatic carbocycles. The van der Waals surface area contributed by atoms with Crippen molar-refractivity contribution >= 4 is 5.91 Å². The van der Waals surface area contributed by atoms with E-state index >= 15 is 0 Å². The minimum atomic E-state index is 0.103. The number of hydrogen-bond acceptors (Lipinski definition) is 2. The number of amides is 1. The third kappa shape index (κ3) is 5.28. The highest BCUT2D eigenvalue weighted by Crippen LogP contribution is 2.37. The molecule has 2 fully saturated rings. The Hall–Kier alpha value is -0.570. The zero-order valence-electron chi connectivity index (χ0n) is 13.8. The summed E-state index contributed by atoms with van der Waals surface area (Å²) in [4.78, 5) is 12.2. The van der Waals surface area contributed by atoms with Crippen molar-refractivity contribution in [1.29, 1.82) is 0 Å². The molecule has 1 saturated carbocycles. The van der Waals surface area contributed by atoms with Gasteiger partial charge in [-0.3, -0.25) is 4.79 Å². The first-order valence-corrected chi connectivity index (χ1v) is 9.34.